The summed E-state index contributed by atoms with van der Waals surface area (Å²) >= 11 is 9.86. The minimum absolute atomic E-state index is 0.105. The summed E-state index contributed by atoms with van der Waals surface area (Å²) in [5.74, 6) is -1.37. The van der Waals surface area contributed by atoms with Gasteiger partial charge in [-0.25, -0.2) is 9.69 Å². The number of imide groups is 2. The predicted octanol–water partition coefficient (Wildman–Crippen LogP) is 5.92. The third-order valence-corrected chi connectivity index (χ3v) is 6.55. The SMILES string of the molecule is CCc1ccccc1N1C(=O)NC(=O)/C(=C/c2ccc(Cc3ccccc3Cl)c(Br)c2)C1=O. The lowest BCUT2D eigenvalue weighted by molar-refractivity contribution is -0.122. The maximum Gasteiger partial charge on any atom is 0.335 e. The molecule has 0 bridgehead atoms. The van der Waals surface area contributed by atoms with Crippen molar-refractivity contribution in [2.24, 2.45) is 0 Å². The summed E-state index contributed by atoms with van der Waals surface area (Å²) in [6.07, 6.45) is 2.77. The number of anilines is 1. The van der Waals surface area contributed by atoms with E-state index in [-0.39, 0.29) is 5.57 Å². The molecule has 3 aromatic rings. The lowest BCUT2D eigenvalue weighted by Crippen LogP contribution is -2.54. The number of barbiturate groups is 1. The van der Waals surface area contributed by atoms with E-state index in [0.29, 0.717) is 29.1 Å². The van der Waals surface area contributed by atoms with Crippen LogP contribution in [0.4, 0.5) is 10.5 Å². The maximum atomic E-state index is 13.2. The van der Waals surface area contributed by atoms with Crippen molar-refractivity contribution in [2.45, 2.75) is 19.8 Å². The molecule has 1 aliphatic rings. The van der Waals surface area contributed by atoms with E-state index in [9.17, 15) is 14.4 Å². The van der Waals surface area contributed by atoms with Gasteiger partial charge in [0.25, 0.3) is 11.8 Å². The van der Waals surface area contributed by atoms with Crippen LogP contribution < -0.4 is 10.2 Å². The number of halogens is 2. The number of hydrogen-bond donors (Lipinski definition) is 1. The lowest BCUT2D eigenvalue weighted by Gasteiger charge is -2.28. The first-order valence-electron chi connectivity index (χ1n) is 10.4. The van der Waals surface area contributed by atoms with Crippen LogP contribution >= 0.6 is 27.5 Å². The maximum absolute atomic E-state index is 13.2. The number of amides is 4. The van der Waals surface area contributed by atoms with Gasteiger partial charge in [-0.3, -0.25) is 14.9 Å². The normalized spacial score (nSPS) is 15.2. The molecule has 0 atom stereocenters. The molecule has 0 radical (unpaired) electrons. The fraction of sp³-hybridized carbons (Fsp3) is 0.115. The number of carbonyl (C=O) groups excluding carboxylic acids is 3. The molecular weight excluding hydrogens is 504 g/mol. The molecule has 0 aromatic heterocycles. The van der Waals surface area contributed by atoms with Crippen molar-refractivity contribution in [3.8, 4) is 0 Å². The van der Waals surface area contributed by atoms with Gasteiger partial charge >= 0.3 is 6.03 Å². The standard InChI is InChI=1S/C26H20BrClN2O3/c1-2-17-7-4-6-10-23(17)30-25(32)20(24(31)29-26(30)33)13-16-11-12-18(21(27)14-16)15-19-8-3-5-9-22(19)28/h3-14H,2,15H2,1H3,(H,29,31,33)/b20-13-. The molecule has 3 aromatic carbocycles. The molecule has 0 aliphatic carbocycles. The Morgan fingerprint density at radius 1 is 0.939 bits per heavy atom. The van der Waals surface area contributed by atoms with Crippen LogP contribution in [0.15, 0.2) is 76.8 Å². The van der Waals surface area contributed by atoms with E-state index in [1.54, 1.807) is 12.1 Å². The number of rotatable bonds is 5. The van der Waals surface area contributed by atoms with E-state index in [2.05, 4.69) is 21.2 Å². The summed E-state index contributed by atoms with van der Waals surface area (Å²) in [4.78, 5) is 39.2. The lowest BCUT2D eigenvalue weighted by atomic mass is 10.0. The van der Waals surface area contributed by atoms with Gasteiger partial charge in [0.1, 0.15) is 5.57 Å². The van der Waals surface area contributed by atoms with E-state index >= 15 is 0 Å². The zero-order valence-corrected chi connectivity index (χ0v) is 20.1. The second-order valence-electron chi connectivity index (χ2n) is 7.56. The zero-order valence-electron chi connectivity index (χ0n) is 17.8. The molecule has 1 N–H and O–H groups in total. The van der Waals surface area contributed by atoms with Crippen molar-refractivity contribution >= 4 is 57.1 Å². The Balaban J connectivity index is 1.65. The summed E-state index contributed by atoms with van der Waals surface area (Å²) < 4.78 is 0.824. The van der Waals surface area contributed by atoms with Gasteiger partial charge in [-0.1, -0.05) is 83.0 Å². The Bertz CT molecular complexity index is 1300. The third-order valence-electron chi connectivity index (χ3n) is 5.44. The van der Waals surface area contributed by atoms with Crippen molar-refractivity contribution in [1.29, 1.82) is 0 Å². The second kappa shape index (κ2) is 9.73. The second-order valence-corrected chi connectivity index (χ2v) is 8.82. The molecule has 1 fully saturated rings. The molecule has 1 aliphatic heterocycles. The average molecular weight is 524 g/mol. The van der Waals surface area contributed by atoms with Gasteiger partial charge in [0.15, 0.2) is 0 Å². The van der Waals surface area contributed by atoms with Crippen molar-refractivity contribution in [1.82, 2.24) is 5.32 Å². The first-order chi connectivity index (χ1) is 15.9. The van der Waals surface area contributed by atoms with Crippen molar-refractivity contribution in [3.63, 3.8) is 0 Å². The van der Waals surface area contributed by atoms with Crippen LogP contribution in [-0.4, -0.2) is 17.8 Å². The number of nitrogens with zero attached hydrogens (tertiary/aromatic N) is 1. The highest BCUT2D eigenvalue weighted by Crippen LogP contribution is 2.28. The van der Waals surface area contributed by atoms with Gasteiger partial charge < -0.3 is 0 Å². The number of aryl methyl sites for hydroxylation is 1. The highest BCUT2D eigenvalue weighted by molar-refractivity contribution is 9.10. The molecule has 1 heterocycles. The molecule has 1 saturated heterocycles. The number of urea groups is 1. The molecule has 33 heavy (non-hydrogen) atoms. The Kier molecular flexibility index (Phi) is 6.77. The van der Waals surface area contributed by atoms with Crippen LogP contribution in [0.25, 0.3) is 6.08 Å². The Hall–Kier alpha value is -3.22. The first-order valence-corrected chi connectivity index (χ1v) is 11.6. The number of para-hydroxylation sites is 1. The fourth-order valence-electron chi connectivity index (χ4n) is 3.71. The first kappa shape index (κ1) is 23.0. The van der Waals surface area contributed by atoms with E-state index in [0.717, 1.165) is 26.1 Å². The van der Waals surface area contributed by atoms with Crippen molar-refractivity contribution in [2.75, 3.05) is 4.90 Å². The van der Waals surface area contributed by atoms with E-state index < -0.39 is 17.8 Å². The van der Waals surface area contributed by atoms with Crippen LogP contribution in [-0.2, 0) is 22.4 Å². The van der Waals surface area contributed by atoms with Gasteiger partial charge in [-0.2, -0.15) is 0 Å². The fourth-order valence-corrected chi connectivity index (χ4v) is 4.45. The number of carbonyl (C=O) groups is 3. The van der Waals surface area contributed by atoms with Gasteiger partial charge in [-0.15, -0.1) is 0 Å². The summed E-state index contributed by atoms with van der Waals surface area (Å²) in [5.41, 5.74) is 3.86. The highest BCUT2D eigenvalue weighted by atomic mass is 79.9. The quantitative estimate of drug-likeness (QED) is 0.333. The number of benzene rings is 3. The Morgan fingerprint density at radius 2 is 1.64 bits per heavy atom. The predicted molar refractivity (Wildman–Crippen MR) is 133 cm³/mol. The Labute approximate surface area is 205 Å². The summed E-state index contributed by atoms with van der Waals surface area (Å²) in [7, 11) is 0. The molecule has 0 unspecified atom stereocenters. The molecule has 7 heteroatoms. The average Bonchev–Trinajstić information content (AvgIpc) is 2.80. The molecule has 166 valence electrons. The van der Waals surface area contributed by atoms with E-state index in [1.807, 2.05) is 61.5 Å². The number of hydrogen-bond acceptors (Lipinski definition) is 3. The van der Waals surface area contributed by atoms with Crippen LogP contribution in [0, 0.1) is 0 Å². The smallest absolute Gasteiger partial charge is 0.273 e. The topological polar surface area (TPSA) is 66.5 Å². The number of nitrogens with one attached hydrogen (secondary N) is 1. The monoisotopic (exact) mass is 522 g/mol. The van der Waals surface area contributed by atoms with E-state index in [1.165, 1.54) is 6.08 Å². The van der Waals surface area contributed by atoms with Crippen LogP contribution in [0.3, 0.4) is 0 Å². The minimum Gasteiger partial charge on any atom is -0.273 e. The van der Waals surface area contributed by atoms with Gasteiger partial charge in [0.05, 0.1) is 5.69 Å². The van der Waals surface area contributed by atoms with Gasteiger partial charge in [0, 0.05) is 15.9 Å². The van der Waals surface area contributed by atoms with Gasteiger partial charge in [0.2, 0.25) is 0 Å². The summed E-state index contributed by atoms with van der Waals surface area (Å²) in [5, 5.41) is 2.97. The van der Waals surface area contributed by atoms with E-state index in [4.69, 9.17) is 11.6 Å². The minimum atomic E-state index is -0.751. The van der Waals surface area contributed by atoms with Crippen molar-refractivity contribution in [3.05, 3.63) is 104 Å². The van der Waals surface area contributed by atoms with Crippen LogP contribution in [0.2, 0.25) is 5.02 Å². The third kappa shape index (κ3) is 4.77. The largest absolute Gasteiger partial charge is 0.335 e. The molecule has 5 nitrogen and oxygen atoms in total. The Morgan fingerprint density at radius 3 is 2.33 bits per heavy atom. The van der Waals surface area contributed by atoms with Crippen molar-refractivity contribution < 1.29 is 14.4 Å². The molecule has 0 spiro atoms. The molecule has 0 saturated carbocycles. The highest BCUT2D eigenvalue weighted by Gasteiger charge is 2.37. The zero-order chi connectivity index (χ0) is 23.5. The molecule has 4 amide bonds. The van der Waals surface area contributed by atoms with Crippen LogP contribution in [0.5, 0.6) is 0 Å². The molecule has 4 rings (SSSR count). The summed E-state index contributed by atoms with van der Waals surface area (Å²) in [6, 6.07) is 19.6. The van der Waals surface area contributed by atoms with Crippen LogP contribution in [0.1, 0.15) is 29.2 Å². The summed E-state index contributed by atoms with van der Waals surface area (Å²) in [6.45, 7) is 1.94. The van der Waals surface area contributed by atoms with Gasteiger partial charge in [-0.05, 0) is 52.9 Å². The molecular formula is C26H20BrClN2O3.